The molecule has 0 heterocycles. The van der Waals surface area contributed by atoms with Gasteiger partial charge in [0.2, 0.25) is 0 Å². The third-order valence-electron chi connectivity index (χ3n) is 4.84. The van der Waals surface area contributed by atoms with Crippen molar-refractivity contribution >= 4 is 16.7 Å². The molecule has 1 aliphatic rings. The molecule has 1 saturated carbocycles. The Morgan fingerprint density at radius 2 is 1.83 bits per heavy atom. The van der Waals surface area contributed by atoms with Gasteiger partial charge in [0.15, 0.2) is 0 Å². The van der Waals surface area contributed by atoms with Crippen LogP contribution < -0.4 is 5.32 Å². The lowest BCUT2D eigenvalue weighted by Crippen LogP contribution is -2.43. The SMILES string of the molecule is C[C@@H]1C[C@@H](NC(=O)c2ccc(F)c3ccccc23)CC(C)(C)C1. The molecule has 0 aromatic heterocycles. The third kappa shape index (κ3) is 3.39. The monoisotopic (exact) mass is 313 g/mol. The molecule has 0 saturated heterocycles. The minimum absolute atomic E-state index is 0.101. The summed E-state index contributed by atoms with van der Waals surface area (Å²) in [6.45, 7) is 6.76. The third-order valence-corrected chi connectivity index (χ3v) is 4.84. The molecule has 1 fully saturated rings. The lowest BCUT2D eigenvalue weighted by molar-refractivity contribution is 0.0876. The maximum absolute atomic E-state index is 13.9. The van der Waals surface area contributed by atoms with Crippen molar-refractivity contribution in [3.8, 4) is 0 Å². The van der Waals surface area contributed by atoms with Gasteiger partial charge in [-0.2, -0.15) is 0 Å². The predicted octanol–water partition coefficient (Wildman–Crippen LogP) is 4.92. The first-order valence-corrected chi connectivity index (χ1v) is 8.34. The Balaban J connectivity index is 1.86. The number of carbonyl (C=O) groups is 1. The van der Waals surface area contributed by atoms with Crippen LogP contribution in [0.5, 0.6) is 0 Å². The summed E-state index contributed by atoms with van der Waals surface area (Å²) in [5.74, 6) is 0.217. The van der Waals surface area contributed by atoms with E-state index in [1.165, 1.54) is 12.5 Å². The quantitative estimate of drug-likeness (QED) is 0.837. The largest absolute Gasteiger partial charge is 0.349 e. The Morgan fingerprint density at radius 1 is 1.13 bits per heavy atom. The zero-order valence-electron chi connectivity index (χ0n) is 14.0. The van der Waals surface area contributed by atoms with Gasteiger partial charge in [0, 0.05) is 17.0 Å². The number of hydrogen-bond donors (Lipinski definition) is 1. The van der Waals surface area contributed by atoms with E-state index in [9.17, 15) is 9.18 Å². The van der Waals surface area contributed by atoms with E-state index in [1.54, 1.807) is 24.3 Å². The molecule has 1 aliphatic carbocycles. The van der Waals surface area contributed by atoms with Crippen LogP contribution >= 0.6 is 0 Å². The van der Waals surface area contributed by atoms with Crippen LogP contribution in [0, 0.1) is 17.2 Å². The van der Waals surface area contributed by atoms with Crippen molar-refractivity contribution in [2.45, 2.75) is 46.1 Å². The molecule has 3 heteroatoms. The molecule has 1 amide bonds. The molecule has 0 bridgehead atoms. The van der Waals surface area contributed by atoms with Gasteiger partial charge in [0.25, 0.3) is 5.91 Å². The van der Waals surface area contributed by atoms with Crippen LogP contribution in [-0.2, 0) is 0 Å². The summed E-state index contributed by atoms with van der Waals surface area (Å²) in [6.07, 6.45) is 3.19. The maximum Gasteiger partial charge on any atom is 0.252 e. The van der Waals surface area contributed by atoms with Gasteiger partial charge >= 0.3 is 0 Å². The number of halogens is 1. The second-order valence-electron chi connectivity index (χ2n) is 7.72. The maximum atomic E-state index is 13.9. The molecule has 0 radical (unpaired) electrons. The molecule has 122 valence electrons. The highest BCUT2D eigenvalue weighted by Crippen LogP contribution is 2.38. The van der Waals surface area contributed by atoms with Gasteiger partial charge in [0.1, 0.15) is 5.82 Å². The number of nitrogens with one attached hydrogen (secondary N) is 1. The van der Waals surface area contributed by atoms with Crippen molar-refractivity contribution in [3.05, 3.63) is 47.8 Å². The molecular weight excluding hydrogens is 289 g/mol. The summed E-state index contributed by atoms with van der Waals surface area (Å²) in [7, 11) is 0. The summed E-state index contributed by atoms with van der Waals surface area (Å²) in [5.41, 5.74) is 0.804. The number of benzene rings is 2. The standard InChI is InChI=1S/C20H24FNO/c1-13-10-14(12-20(2,3)11-13)22-19(23)17-8-9-18(21)16-7-5-4-6-15(16)17/h4-9,13-14H,10-12H2,1-3H3,(H,22,23)/t13-,14-/m1/s1. The van der Waals surface area contributed by atoms with Crippen LogP contribution in [0.2, 0.25) is 0 Å². The molecule has 3 rings (SSSR count). The summed E-state index contributed by atoms with van der Waals surface area (Å²) in [4.78, 5) is 12.7. The Labute approximate surface area is 137 Å². The smallest absolute Gasteiger partial charge is 0.252 e. The molecule has 0 aliphatic heterocycles. The summed E-state index contributed by atoms with van der Waals surface area (Å²) in [6, 6.07) is 10.3. The normalized spacial score (nSPS) is 23.7. The van der Waals surface area contributed by atoms with Crippen LogP contribution in [-0.4, -0.2) is 11.9 Å². The molecule has 0 spiro atoms. The highest BCUT2D eigenvalue weighted by atomic mass is 19.1. The number of hydrogen-bond acceptors (Lipinski definition) is 1. The van der Waals surface area contributed by atoms with Crippen molar-refractivity contribution in [2.24, 2.45) is 11.3 Å². The lowest BCUT2D eigenvalue weighted by atomic mass is 9.70. The lowest BCUT2D eigenvalue weighted by Gasteiger charge is -2.39. The first-order chi connectivity index (χ1) is 10.9. The van der Waals surface area contributed by atoms with Crippen LogP contribution in [0.1, 0.15) is 50.4 Å². The molecule has 2 aromatic rings. The zero-order chi connectivity index (χ0) is 16.6. The fraction of sp³-hybridized carbons (Fsp3) is 0.450. The van der Waals surface area contributed by atoms with Crippen LogP contribution in [0.15, 0.2) is 36.4 Å². The fourth-order valence-corrected chi connectivity index (χ4v) is 4.18. The average Bonchev–Trinajstić information content (AvgIpc) is 2.45. The molecular formula is C20H24FNO. The van der Waals surface area contributed by atoms with Gasteiger partial charge in [0.05, 0.1) is 0 Å². The summed E-state index contributed by atoms with van der Waals surface area (Å²) >= 11 is 0. The minimum Gasteiger partial charge on any atom is -0.349 e. The number of fused-ring (bicyclic) bond motifs is 1. The Bertz CT molecular complexity index is 737. The number of amides is 1. The van der Waals surface area contributed by atoms with E-state index in [0.717, 1.165) is 12.8 Å². The van der Waals surface area contributed by atoms with Crippen molar-refractivity contribution in [2.75, 3.05) is 0 Å². The Kier molecular flexibility index (Phi) is 4.13. The Hall–Kier alpha value is -1.90. The molecule has 2 nitrogen and oxygen atoms in total. The summed E-state index contributed by atoms with van der Waals surface area (Å²) < 4.78 is 13.9. The van der Waals surface area contributed by atoms with E-state index in [2.05, 4.69) is 26.1 Å². The van der Waals surface area contributed by atoms with Gasteiger partial charge in [-0.3, -0.25) is 4.79 Å². The molecule has 2 aromatic carbocycles. The fourth-order valence-electron chi connectivity index (χ4n) is 4.18. The van der Waals surface area contributed by atoms with Gasteiger partial charge in [-0.05, 0) is 48.1 Å². The van der Waals surface area contributed by atoms with Crippen LogP contribution in [0.4, 0.5) is 4.39 Å². The summed E-state index contributed by atoms with van der Waals surface area (Å²) in [5, 5.41) is 4.34. The van der Waals surface area contributed by atoms with Gasteiger partial charge in [-0.15, -0.1) is 0 Å². The topological polar surface area (TPSA) is 29.1 Å². The minimum atomic E-state index is -0.287. The van der Waals surface area contributed by atoms with E-state index in [0.29, 0.717) is 22.3 Å². The molecule has 0 unspecified atom stereocenters. The average molecular weight is 313 g/mol. The highest BCUT2D eigenvalue weighted by Gasteiger charge is 2.33. The van der Waals surface area contributed by atoms with E-state index < -0.39 is 0 Å². The van der Waals surface area contributed by atoms with E-state index in [4.69, 9.17) is 0 Å². The molecule has 2 atom stereocenters. The number of carbonyl (C=O) groups excluding carboxylic acids is 1. The van der Waals surface area contributed by atoms with Gasteiger partial charge in [-0.1, -0.05) is 45.0 Å². The van der Waals surface area contributed by atoms with Crippen LogP contribution in [0.25, 0.3) is 10.8 Å². The Morgan fingerprint density at radius 3 is 2.52 bits per heavy atom. The zero-order valence-corrected chi connectivity index (χ0v) is 14.0. The van der Waals surface area contributed by atoms with Crippen LogP contribution in [0.3, 0.4) is 0 Å². The second-order valence-corrected chi connectivity index (χ2v) is 7.72. The van der Waals surface area contributed by atoms with Gasteiger partial charge < -0.3 is 5.32 Å². The number of rotatable bonds is 2. The van der Waals surface area contributed by atoms with E-state index in [1.807, 2.05) is 6.07 Å². The first-order valence-electron chi connectivity index (χ1n) is 8.34. The molecule has 1 N–H and O–H groups in total. The molecule has 23 heavy (non-hydrogen) atoms. The highest BCUT2D eigenvalue weighted by molar-refractivity contribution is 6.07. The first kappa shape index (κ1) is 16.0. The van der Waals surface area contributed by atoms with Gasteiger partial charge in [-0.25, -0.2) is 4.39 Å². The van der Waals surface area contributed by atoms with Crippen molar-refractivity contribution in [1.29, 1.82) is 0 Å². The van der Waals surface area contributed by atoms with E-state index >= 15 is 0 Å². The predicted molar refractivity (Wildman–Crippen MR) is 92.0 cm³/mol. The second kappa shape index (κ2) is 5.95. The van der Waals surface area contributed by atoms with Crippen molar-refractivity contribution in [3.63, 3.8) is 0 Å². The van der Waals surface area contributed by atoms with E-state index in [-0.39, 0.29) is 23.2 Å². The van der Waals surface area contributed by atoms with Crippen molar-refractivity contribution < 1.29 is 9.18 Å². The van der Waals surface area contributed by atoms with Crippen molar-refractivity contribution in [1.82, 2.24) is 5.32 Å².